The van der Waals surface area contributed by atoms with Gasteiger partial charge in [0.1, 0.15) is 5.75 Å². The van der Waals surface area contributed by atoms with Gasteiger partial charge in [0, 0.05) is 16.5 Å². The third kappa shape index (κ3) is 4.23. The highest BCUT2D eigenvalue weighted by Crippen LogP contribution is 2.43. The highest BCUT2D eigenvalue weighted by molar-refractivity contribution is 6.31. The molecule has 1 unspecified atom stereocenters. The van der Waals surface area contributed by atoms with Crippen LogP contribution in [0.3, 0.4) is 0 Å². The van der Waals surface area contributed by atoms with E-state index in [0.29, 0.717) is 38.5 Å². The maximum absolute atomic E-state index is 14.0. The van der Waals surface area contributed by atoms with Crippen LogP contribution in [0.2, 0.25) is 5.02 Å². The zero-order chi connectivity index (χ0) is 29.0. The Bertz CT molecular complexity index is 1940. The van der Waals surface area contributed by atoms with E-state index in [1.165, 1.54) is 44.6 Å². The number of methoxy groups -OCH3 is 2. The number of fused-ring (bicyclic) bond motifs is 2. The lowest BCUT2D eigenvalue weighted by atomic mass is 9.95. The largest absolute Gasteiger partial charge is 0.503 e. The number of aliphatic hydroxyl groups is 1. The average Bonchev–Trinajstić information content (AvgIpc) is 3.65. The lowest BCUT2D eigenvalue weighted by Crippen LogP contribution is -2.32. The van der Waals surface area contributed by atoms with Crippen LogP contribution >= 0.6 is 11.6 Å². The van der Waals surface area contributed by atoms with E-state index < -0.39 is 29.5 Å². The molecular formula is C29H20ClN3O8. The van der Waals surface area contributed by atoms with Gasteiger partial charge < -0.3 is 29.1 Å². The maximum Gasteiger partial charge on any atom is 0.335 e. The number of ether oxygens (including phenoxy) is 2. The molecule has 3 N–H and O–H groups in total. The highest BCUT2D eigenvalue weighted by Gasteiger charge is 2.46. The van der Waals surface area contributed by atoms with Gasteiger partial charge in [-0.2, -0.15) is 0 Å². The Hall–Kier alpha value is -5.29. The van der Waals surface area contributed by atoms with Crippen molar-refractivity contribution in [1.82, 2.24) is 9.97 Å². The van der Waals surface area contributed by atoms with Crippen molar-refractivity contribution in [2.24, 2.45) is 0 Å². The lowest BCUT2D eigenvalue weighted by Gasteiger charge is -2.24. The number of carboxylic acids is 1. The van der Waals surface area contributed by atoms with Crippen LogP contribution in [0.15, 0.2) is 76.4 Å². The van der Waals surface area contributed by atoms with Gasteiger partial charge >= 0.3 is 5.97 Å². The summed E-state index contributed by atoms with van der Waals surface area (Å²) in [6, 6.07) is 14.4. The SMILES string of the molecule is COc1cccc(C2C(C(=O)c3cc4cc(Cl)cc(OC)c4o3)=C(O)C(=O)N2c2nc3ccc(C(=O)O)cc3[nH]2)c1. The summed E-state index contributed by atoms with van der Waals surface area (Å²) in [5, 5.41) is 21.3. The number of ketones is 1. The predicted octanol–water partition coefficient (Wildman–Crippen LogP) is 5.46. The van der Waals surface area contributed by atoms with Crippen molar-refractivity contribution >= 4 is 57.2 Å². The minimum Gasteiger partial charge on any atom is -0.503 e. The zero-order valence-corrected chi connectivity index (χ0v) is 22.2. The monoisotopic (exact) mass is 573 g/mol. The molecule has 1 aliphatic rings. The number of carbonyl (C=O) groups is 3. The number of hydrogen-bond acceptors (Lipinski definition) is 8. The normalized spacial score (nSPS) is 15.2. The summed E-state index contributed by atoms with van der Waals surface area (Å²) in [6.45, 7) is 0. The van der Waals surface area contributed by atoms with E-state index in [2.05, 4.69) is 9.97 Å². The molecule has 0 spiro atoms. The van der Waals surface area contributed by atoms with Crippen LogP contribution < -0.4 is 14.4 Å². The number of amides is 1. The molecule has 0 fully saturated rings. The summed E-state index contributed by atoms with van der Waals surface area (Å²) in [5.41, 5.74) is 1.20. The fourth-order valence-corrected chi connectivity index (χ4v) is 5.12. The fraction of sp³-hybridized carbons (Fsp3) is 0.103. The second kappa shape index (κ2) is 9.72. The molecule has 41 heavy (non-hydrogen) atoms. The van der Waals surface area contributed by atoms with Crippen molar-refractivity contribution in [1.29, 1.82) is 0 Å². The minimum atomic E-state index is -1.15. The number of Topliss-reactive ketones (excluding diaryl/α,β-unsaturated/α-hetero) is 1. The van der Waals surface area contributed by atoms with Crippen molar-refractivity contribution in [2.75, 3.05) is 19.1 Å². The van der Waals surface area contributed by atoms with E-state index in [1.807, 2.05) is 0 Å². The van der Waals surface area contributed by atoms with Crippen LogP contribution in [0.1, 0.15) is 32.5 Å². The molecule has 5 aromatic rings. The van der Waals surface area contributed by atoms with Crippen LogP contribution in [0.5, 0.6) is 11.5 Å². The van der Waals surface area contributed by atoms with E-state index in [4.69, 9.17) is 25.5 Å². The van der Waals surface area contributed by atoms with E-state index in [1.54, 1.807) is 30.3 Å². The number of benzene rings is 3. The second-order valence-electron chi connectivity index (χ2n) is 9.18. The Morgan fingerprint density at radius 2 is 1.88 bits per heavy atom. The smallest absolute Gasteiger partial charge is 0.335 e. The minimum absolute atomic E-state index is 0.00670. The molecule has 0 bridgehead atoms. The van der Waals surface area contributed by atoms with Gasteiger partial charge in [-0.25, -0.2) is 9.78 Å². The number of carbonyl (C=O) groups excluding carboxylic acids is 2. The van der Waals surface area contributed by atoms with Crippen molar-refractivity contribution in [3.63, 3.8) is 0 Å². The molecule has 0 saturated heterocycles. The van der Waals surface area contributed by atoms with Crippen molar-refractivity contribution in [3.05, 3.63) is 93.9 Å². The van der Waals surface area contributed by atoms with Crippen LogP contribution in [-0.4, -0.2) is 52.1 Å². The molecule has 3 heterocycles. The van der Waals surface area contributed by atoms with Crippen LogP contribution in [0.25, 0.3) is 22.0 Å². The summed E-state index contributed by atoms with van der Waals surface area (Å²) < 4.78 is 16.5. The summed E-state index contributed by atoms with van der Waals surface area (Å²) in [4.78, 5) is 47.5. The second-order valence-corrected chi connectivity index (χ2v) is 9.62. The number of halogens is 1. The van der Waals surface area contributed by atoms with Crippen LogP contribution in [0.4, 0.5) is 5.95 Å². The first-order chi connectivity index (χ1) is 19.7. The van der Waals surface area contributed by atoms with Crippen LogP contribution in [0, 0.1) is 0 Å². The number of nitrogens with one attached hydrogen (secondary N) is 1. The van der Waals surface area contributed by atoms with Crippen molar-refractivity contribution in [2.45, 2.75) is 6.04 Å². The number of furan rings is 1. The Balaban J connectivity index is 1.51. The lowest BCUT2D eigenvalue weighted by molar-refractivity contribution is -0.117. The van der Waals surface area contributed by atoms with Gasteiger partial charge in [0.2, 0.25) is 11.7 Å². The third-order valence-corrected chi connectivity index (χ3v) is 7.02. The number of aromatic amines is 1. The number of nitrogens with zero attached hydrogens (tertiary/aromatic N) is 2. The molecule has 11 nitrogen and oxygen atoms in total. The maximum atomic E-state index is 14.0. The van der Waals surface area contributed by atoms with E-state index >= 15 is 0 Å². The molecule has 1 aliphatic heterocycles. The molecule has 0 aliphatic carbocycles. The number of imidazole rings is 1. The Kier molecular flexibility index (Phi) is 6.15. The number of carboxylic acid groups (broad SMARTS) is 1. The first-order valence-corrected chi connectivity index (χ1v) is 12.5. The number of rotatable bonds is 7. The Labute approximate surface area is 236 Å². The molecule has 2 aromatic heterocycles. The third-order valence-electron chi connectivity index (χ3n) is 6.80. The molecule has 0 saturated carbocycles. The summed E-state index contributed by atoms with van der Waals surface area (Å²) in [5.74, 6) is -2.97. The number of hydrogen-bond donors (Lipinski definition) is 3. The summed E-state index contributed by atoms with van der Waals surface area (Å²) in [6.07, 6.45) is 0. The van der Waals surface area contributed by atoms with E-state index in [-0.39, 0.29) is 28.4 Å². The standard InChI is InChI=1S/C29H20ClN3O8/c1-39-17-5-3-4-13(9-17)23-22(24(34)20-11-15-8-16(30)12-21(40-2)26(15)41-20)25(35)27(36)33(23)29-31-18-7-6-14(28(37)38)10-19(18)32-29/h3-12,23,35H,1-2H3,(H,31,32)(H,37,38). The summed E-state index contributed by atoms with van der Waals surface area (Å²) >= 11 is 6.18. The zero-order valence-electron chi connectivity index (χ0n) is 21.5. The molecule has 6 rings (SSSR count). The number of H-pyrrole nitrogens is 1. The predicted molar refractivity (Wildman–Crippen MR) is 148 cm³/mol. The van der Waals surface area contributed by atoms with Gasteiger partial charge in [-0.3, -0.25) is 14.5 Å². The van der Waals surface area contributed by atoms with Gasteiger partial charge in [-0.15, -0.1) is 0 Å². The first-order valence-electron chi connectivity index (χ1n) is 12.2. The molecule has 1 atom stereocenters. The molecule has 0 radical (unpaired) electrons. The van der Waals surface area contributed by atoms with Gasteiger partial charge in [0.25, 0.3) is 5.91 Å². The molecule has 3 aromatic carbocycles. The van der Waals surface area contributed by atoms with Crippen LogP contribution in [-0.2, 0) is 4.79 Å². The fourth-order valence-electron chi connectivity index (χ4n) is 4.91. The van der Waals surface area contributed by atoms with Gasteiger partial charge in [-0.1, -0.05) is 23.7 Å². The van der Waals surface area contributed by atoms with Gasteiger partial charge in [-0.05, 0) is 48.0 Å². The molecule has 206 valence electrons. The van der Waals surface area contributed by atoms with E-state index in [9.17, 15) is 24.6 Å². The Morgan fingerprint density at radius 3 is 2.61 bits per heavy atom. The van der Waals surface area contributed by atoms with Gasteiger partial charge in [0.15, 0.2) is 22.9 Å². The quantitative estimate of drug-likeness (QED) is 0.215. The number of anilines is 1. The van der Waals surface area contributed by atoms with E-state index in [0.717, 1.165) is 4.90 Å². The van der Waals surface area contributed by atoms with Crippen molar-refractivity contribution < 1.29 is 38.5 Å². The molecule has 12 heteroatoms. The summed E-state index contributed by atoms with van der Waals surface area (Å²) in [7, 11) is 2.91. The average molecular weight is 574 g/mol. The topological polar surface area (TPSA) is 155 Å². The number of aliphatic hydroxyl groups excluding tert-OH is 1. The highest BCUT2D eigenvalue weighted by atomic mass is 35.5. The Morgan fingerprint density at radius 1 is 1.07 bits per heavy atom. The van der Waals surface area contributed by atoms with Gasteiger partial charge in [0.05, 0.1) is 42.4 Å². The number of aromatic nitrogens is 2. The first kappa shape index (κ1) is 26.0. The number of aromatic carboxylic acids is 1. The molecular weight excluding hydrogens is 554 g/mol. The van der Waals surface area contributed by atoms with Crippen molar-refractivity contribution in [3.8, 4) is 11.5 Å². The molecule has 1 amide bonds.